The molecule has 0 aliphatic heterocycles. The van der Waals surface area contributed by atoms with E-state index in [1.54, 1.807) is 24.3 Å². The van der Waals surface area contributed by atoms with Gasteiger partial charge in [-0.1, -0.05) is 24.3 Å². The van der Waals surface area contributed by atoms with Crippen LogP contribution in [0, 0.1) is 0 Å². The summed E-state index contributed by atoms with van der Waals surface area (Å²) in [5.41, 5.74) is 2.39. The van der Waals surface area contributed by atoms with E-state index in [2.05, 4.69) is 10.6 Å². The lowest BCUT2D eigenvalue weighted by atomic mass is 10.1. The van der Waals surface area contributed by atoms with Gasteiger partial charge in [-0.2, -0.15) is 0 Å². The molecule has 0 heterocycles. The number of hydrogen-bond acceptors (Lipinski definition) is 5. The SMILES string of the molecule is CC(=O)NCCCc1ccc(C(=O)COC(=O)c2ccc(NC(C)=O)cc2)cc1. The van der Waals surface area contributed by atoms with Gasteiger partial charge in [0.15, 0.2) is 12.4 Å². The summed E-state index contributed by atoms with van der Waals surface area (Å²) in [6, 6.07) is 13.3. The summed E-state index contributed by atoms with van der Waals surface area (Å²) in [5.74, 6) is -1.16. The number of rotatable bonds is 9. The first-order valence-corrected chi connectivity index (χ1v) is 9.26. The Morgan fingerprint density at radius 2 is 1.45 bits per heavy atom. The lowest BCUT2D eigenvalue weighted by Gasteiger charge is -2.07. The molecule has 2 aromatic rings. The fourth-order valence-electron chi connectivity index (χ4n) is 2.60. The van der Waals surface area contributed by atoms with Crippen LogP contribution in [0.1, 0.15) is 46.5 Å². The van der Waals surface area contributed by atoms with Gasteiger partial charge in [-0.25, -0.2) is 4.79 Å². The molecular weight excluding hydrogens is 372 g/mol. The van der Waals surface area contributed by atoms with Gasteiger partial charge < -0.3 is 15.4 Å². The summed E-state index contributed by atoms with van der Waals surface area (Å²) in [7, 11) is 0. The highest BCUT2D eigenvalue weighted by atomic mass is 16.5. The molecule has 0 fully saturated rings. The lowest BCUT2D eigenvalue weighted by Crippen LogP contribution is -2.21. The lowest BCUT2D eigenvalue weighted by molar-refractivity contribution is -0.119. The zero-order valence-electron chi connectivity index (χ0n) is 16.5. The predicted molar refractivity (Wildman–Crippen MR) is 109 cm³/mol. The number of aryl methyl sites for hydroxylation is 1. The number of nitrogens with one attached hydrogen (secondary N) is 2. The van der Waals surface area contributed by atoms with E-state index in [1.165, 1.54) is 26.0 Å². The maximum Gasteiger partial charge on any atom is 0.338 e. The second kappa shape index (κ2) is 10.8. The van der Waals surface area contributed by atoms with E-state index in [0.717, 1.165) is 18.4 Å². The number of carbonyl (C=O) groups excluding carboxylic acids is 4. The van der Waals surface area contributed by atoms with Crippen LogP contribution in [-0.2, 0) is 20.7 Å². The molecule has 0 saturated heterocycles. The van der Waals surface area contributed by atoms with Crippen molar-refractivity contribution in [3.63, 3.8) is 0 Å². The van der Waals surface area contributed by atoms with E-state index in [0.29, 0.717) is 23.4 Å². The highest BCUT2D eigenvalue weighted by molar-refractivity contribution is 5.99. The number of benzene rings is 2. The van der Waals surface area contributed by atoms with Crippen LogP contribution in [0.2, 0.25) is 0 Å². The monoisotopic (exact) mass is 396 g/mol. The van der Waals surface area contributed by atoms with Crippen molar-refractivity contribution in [2.24, 2.45) is 0 Å². The minimum absolute atomic E-state index is 0.0517. The summed E-state index contributed by atoms with van der Waals surface area (Å²) < 4.78 is 5.08. The Kier molecular flexibility index (Phi) is 8.09. The van der Waals surface area contributed by atoms with Gasteiger partial charge in [-0.05, 0) is 42.7 Å². The molecule has 29 heavy (non-hydrogen) atoms. The molecule has 0 radical (unpaired) electrons. The molecule has 152 valence electrons. The Balaban J connectivity index is 1.81. The normalized spacial score (nSPS) is 10.1. The van der Waals surface area contributed by atoms with Crippen LogP contribution in [-0.4, -0.2) is 36.7 Å². The van der Waals surface area contributed by atoms with Crippen molar-refractivity contribution in [1.29, 1.82) is 0 Å². The summed E-state index contributed by atoms with van der Waals surface area (Å²) >= 11 is 0. The molecule has 0 aliphatic rings. The minimum Gasteiger partial charge on any atom is -0.454 e. The summed E-state index contributed by atoms with van der Waals surface area (Å²) in [6.07, 6.45) is 1.60. The number of carbonyl (C=O) groups is 4. The Bertz CT molecular complexity index is 873. The van der Waals surface area contributed by atoms with Gasteiger partial charge in [-0.3, -0.25) is 14.4 Å². The molecule has 0 spiro atoms. The molecule has 0 atom stereocenters. The van der Waals surface area contributed by atoms with Crippen molar-refractivity contribution in [2.45, 2.75) is 26.7 Å². The second-order valence-corrected chi connectivity index (χ2v) is 6.54. The largest absolute Gasteiger partial charge is 0.454 e. The van der Waals surface area contributed by atoms with Gasteiger partial charge in [0.1, 0.15) is 0 Å². The number of anilines is 1. The predicted octanol–water partition coefficient (Wildman–Crippen LogP) is 2.75. The van der Waals surface area contributed by atoms with Crippen molar-refractivity contribution < 1.29 is 23.9 Å². The van der Waals surface area contributed by atoms with Gasteiger partial charge in [0, 0.05) is 31.6 Å². The van der Waals surface area contributed by atoms with Gasteiger partial charge in [0.05, 0.1) is 5.56 Å². The summed E-state index contributed by atoms with van der Waals surface area (Å²) in [4.78, 5) is 46.1. The van der Waals surface area contributed by atoms with Gasteiger partial charge in [0.2, 0.25) is 11.8 Å². The Morgan fingerprint density at radius 3 is 2.03 bits per heavy atom. The molecule has 0 unspecified atom stereocenters. The van der Waals surface area contributed by atoms with Crippen LogP contribution in [0.15, 0.2) is 48.5 Å². The van der Waals surface area contributed by atoms with Gasteiger partial charge >= 0.3 is 5.97 Å². The molecule has 2 N–H and O–H groups in total. The zero-order valence-corrected chi connectivity index (χ0v) is 16.5. The first kappa shape index (κ1) is 21.8. The highest BCUT2D eigenvalue weighted by Crippen LogP contribution is 2.12. The topological polar surface area (TPSA) is 102 Å². The van der Waals surface area contributed by atoms with Crippen molar-refractivity contribution in [3.05, 3.63) is 65.2 Å². The van der Waals surface area contributed by atoms with E-state index in [4.69, 9.17) is 4.74 Å². The quantitative estimate of drug-likeness (QED) is 0.386. The molecule has 2 aromatic carbocycles. The van der Waals surface area contributed by atoms with E-state index >= 15 is 0 Å². The maximum absolute atomic E-state index is 12.2. The number of Topliss-reactive ketones (excluding diaryl/α,β-unsaturated/α-hetero) is 1. The third-order valence-electron chi connectivity index (χ3n) is 4.07. The number of amides is 2. The molecule has 0 aliphatic carbocycles. The number of ketones is 1. The first-order valence-electron chi connectivity index (χ1n) is 9.26. The average Bonchev–Trinajstić information content (AvgIpc) is 2.69. The third-order valence-corrected chi connectivity index (χ3v) is 4.07. The van der Waals surface area contributed by atoms with Crippen molar-refractivity contribution >= 4 is 29.3 Å². The van der Waals surface area contributed by atoms with Gasteiger partial charge in [-0.15, -0.1) is 0 Å². The molecule has 7 heteroatoms. The second-order valence-electron chi connectivity index (χ2n) is 6.54. The first-order chi connectivity index (χ1) is 13.8. The Labute approximate surface area is 169 Å². The van der Waals surface area contributed by atoms with E-state index < -0.39 is 5.97 Å². The van der Waals surface area contributed by atoms with Crippen molar-refractivity contribution in [3.8, 4) is 0 Å². The van der Waals surface area contributed by atoms with Crippen molar-refractivity contribution in [2.75, 3.05) is 18.5 Å². The van der Waals surface area contributed by atoms with Crippen LogP contribution in [0.5, 0.6) is 0 Å². The number of ether oxygens (including phenoxy) is 1. The third kappa shape index (κ3) is 7.57. The summed E-state index contributed by atoms with van der Waals surface area (Å²) in [6.45, 7) is 3.13. The van der Waals surface area contributed by atoms with Crippen LogP contribution < -0.4 is 10.6 Å². The fraction of sp³-hybridized carbons (Fsp3) is 0.273. The molecule has 2 rings (SSSR count). The molecule has 0 aromatic heterocycles. The van der Waals surface area contributed by atoms with Crippen molar-refractivity contribution in [1.82, 2.24) is 5.32 Å². The average molecular weight is 396 g/mol. The fourth-order valence-corrected chi connectivity index (χ4v) is 2.60. The standard InChI is InChI=1S/C22H24N2O5/c1-15(25)23-13-3-4-17-5-7-18(8-6-17)21(27)14-29-22(28)19-9-11-20(12-10-19)24-16(2)26/h5-12H,3-4,13-14H2,1-2H3,(H,23,25)(H,24,26). The maximum atomic E-state index is 12.2. The summed E-state index contributed by atoms with van der Waals surface area (Å²) in [5, 5.41) is 5.34. The van der Waals surface area contributed by atoms with Crippen LogP contribution in [0.25, 0.3) is 0 Å². The molecule has 7 nitrogen and oxygen atoms in total. The number of hydrogen-bond donors (Lipinski definition) is 2. The van der Waals surface area contributed by atoms with E-state index in [1.807, 2.05) is 12.1 Å². The number of esters is 1. The van der Waals surface area contributed by atoms with E-state index in [9.17, 15) is 19.2 Å². The minimum atomic E-state index is -0.609. The van der Waals surface area contributed by atoms with Crippen LogP contribution >= 0.6 is 0 Å². The molecular formula is C22H24N2O5. The molecule has 2 amide bonds. The smallest absolute Gasteiger partial charge is 0.338 e. The van der Waals surface area contributed by atoms with Crippen LogP contribution in [0.3, 0.4) is 0 Å². The highest BCUT2D eigenvalue weighted by Gasteiger charge is 2.12. The van der Waals surface area contributed by atoms with Crippen LogP contribution in [0.4, 0.5) is 5.69 Å². The Morgan fingerprint density at radius 1 is 0.828 bits per heavy atom. The van der Waals surface area contributed by atoms with E-state index in [-0.39, 0.29) is 24.2 Å². The zero-order chi connectivity index (χ0) is 21.2. The molecule has 0 bridgehead atoms. The Hall–Kier alpha value is -3.48. The van der Waals surface area contributed by atoms with Gasteiger partial charge in [0.25, 0.3) is 0 Å². The molecule has 0 saturated carbocycles.